The zero-order valence-corrected chi connectivity index (χ0v) is 19.3. The van der Waals surface area contributed by atoms with Crippen molar-refractivity contribution in [1.82, 2.24) is 4.98 Å². The molecule has 2 aromatic carbocycles. The molecule has 3 rings (SSSR count). The zero-order chi connectivity index (χ0) is 21.7. The maximum atomic E-state index is 5.82. The first kappa shape index (κ1) is 23.1. The number of rotatable bonds is 13. The molecule has 2 nitrogen and oxygen atoms in total. The zero-order valence-electron chi connectivity index (χ0n) is 19.3. The number of ether oxygens (including phenoxy) is 1. The van der Waals surface area contributed by atoms with Crippen LogP contribution in [0, 0.1) is 0 Å². The first-order valence-corrected chi connectivity index (χ1v) is 12.0. The van der Waals surface area contributed by atoms with E-state index in [9.17, 15) is 0 Å². The van der Waals surface area contributed by atoms with Crippen LogP contribution in [0.5, 0.6) is 5.75 Å². The predicted molar refractivity (Wildman–Crippen MR) is 132 cm³/mol. The van der Waals surface area contributed by atoms with Gasteiger partial charge in [-0.1, -0.05) is 82.0 Å². The van der Waals surface area contributed by atoms with Gasteiger partial charge in [0.25, 0.3) is 0 Å². The minimum absolute atomic E-state index is 0.804. The second-order valence-corrected chi connectivity index (χ2v) is 8.39. The van der Waals surface area contributed by atoms with Gasteiger partial charge < -0.3 is 4.74 Å². The first-order valence-electron chi connectivity index (χ1n) is 12.0. The molecule has 0 aliphatic carbocycles. The molecule has 0 unspecified atom stereocenters. The number of unbranched alkanes of at least 4 members (excludes halogenated alkanes) is 4. The highest BCUT2D eigenvalue weighted by Gasteiger charge is 2.02. The van der Waals surface area contributed by atoms with Gasteiger partial charge in [-0.3, -0.25) is 4.98 Å². The molecule has 0 saturated carbocycles. The Morgan fingerprint density at radius 1 is 0.613 bits per heavy atom. The van der Waals surface area contributed by atoms with Crippen molar-refractivity contribution in [3.05, 3.63) is 83.7 Å². The number of aryl methyl sites for hydroxylation is 3. The monoisotopic (exact) mass is 415 g/mol. The summed E-state index contributed by atoms with van der Waals surface area (Å²) in [5.41, 5.74) is 6.37. The molecule has 0 amide bonds. The van der Waals surface area contributed by atoms with Crippen molar-refractivity contribution in [2.45, 2.75) is 71.6 Å². The average molecular weight is 416 g/mol. The van der Waals surface area contributed by atoms with Crippen LogP contribution in [-0.2, 0) is 19.3 Å². The lowest BCUT2D eigenvalue weighted by atomic mass is 10.0. The smallest absolute Gasteiger partial charge is 0.119 e. The van der Waals surface area contributed by atoms with Gasteiger partial charge in [-0.15, -0.1) is 0 Å². The largest absolute Gasteiger partial charge is 0.494 e. The first-order chi connectivity index (χ1) is 15.3. The van der Waals surface area contributed by atoms with Crippen molar-refractivity contribution in [2.24, 2.45) is 0 Å². The van der Waals surface area contributed by atoms with E-state index in [2.05, 4.69) is 85.7 Å². The summed E-state index contributed by atoms with van der Waals surface area (Å²) in [6.45, 7) is 5.26. The van der Waals surface area contributed by atoms with Gasteiger partial charge in [0.1, 0.15) is 5.75 Å². The maximum absolute atomic E-state index is 5.82. The standard InChI is InChI=1S/C29H37NO/c1-3-5-7-9-25-13-19-28(30-23-25)18-12-24-10-14-26(15-11-24)27-16-20-29(21-17-27)31-22-8-6-4-2/h10-11,13-17,19-21,23H,3-9,12,18,22H2,1-2H3. The van der Waals surface area contributed by atoms with Gasteiger partial charge in [0.05, 0.1) is 6.61 Å². The Labute approximate surface area is 188 Å². The molecule has 0 bridgehead atoms. The second kappa shape index (κ2) is 12.9. The Kier molecular flexibility index (Phi) is 9.63. The van der Waals surface area contributed by atoms with E-state index < -0.39 is 0 Å². The van der Waals surface area contributed by atoms with Crippen molar-refractivity contribution >= 4 is 0 Å². The summed E-state index contributed by atoms with van der Waals surface area (Å²) in [6, 6.07) is 21.8. The number of nitrogens with zero attached hydrogens (tertiary/aromatic N) is 1. The summed E-state index contributed by atoms with van der Waals surface area (Å²) in [6.07, 6.45) is 12.6. The minimum atomic E-state index is 0.804. The Balaban J connectivity index is 1.47. The van der Waals surface area contributed by atoms with Gasteiger partial charge in [0.15, 0.2) is 0 Å². The number of pyridine rings is 1. The van der Waals surface area contributed by atoms with Crippen LogP contribution in [0.1, 0.15) is 69.2 Å². The van der Waals surface area contributed by atoms with E-state index in [0.29, 0.717) is 0 Å². The van der Waals surface area contributed by atoms with Crippen molar-refractivity contribution < 1.29 is 4.74 Å². The van der Waals surface area contributed by atoms with Crippen molar-refractivity contribution in [3.63, 3.8) is 0 Å². The van der Waals surface area contributed by atoms with Gasteiger partial charge in [-0.2, -0.15) is 0 Å². The molecule has 0 fully saturated rings. The second-order valence-electron chi connectivity index (χ2n) is 8.39. The Morgan fingerprint density at radius 3 is 1.90 bits per heavy atom. The van der Waals surface area contributed by atoms with Crippen LogP contribution >= 0.6 is 0 Å². The Bertz CT molecular complexity index is 866. The van der Waals surface area contributed by atoms with Crippen LogP contribution in [0.25, 0.3) is 11.1 Å². The molecule has 0 N–H and O–H groups in total. The van der Waals surface area contributed by atoms with Gasteiger partial charge in [-0.05, 0) is 72.6 Å². The molecule has 0 aliphatic heterocycles. The van der Waals surface area contributed by atoms with Crippen molar-refractivity contribution in [2.75, 3.05) is 6.61 Å². The summed E-state index contributed by atoms with van der Waals surface area (Å²) in [5, 5.41) is 0. The SMILES string of the molecule is CCCCCOc1ccc(-c2ccc(CCc3ccc(CCCCC)cn3)cc2)cc1. The molecule has 3 aromatic rings. The van der Waals surface area contributed by atoms with Gasteiger partial charge in [0.2, 0.25) is 0 Å². The van der Waals surface area contributed by atoms with E-state index in [1.165, 1.54) is 60.1 Å². The topological polar surface area (TPSA) is 22.1 Å². The van der Waals surface area contributed by atoms with Crippen LogP contribution in [0.15, 0.2) is 66.9 Å². The molecule has 0 radical (unpaired) electrons. The number of hydrogen-bond acceptors (Lipinski definition) is 2. The number of aromatic nitrogens is 1. The molecule has 0 spiro atoms. The summed E-state index contributed by atoms with van der Waals surface area (Å²) in [4.78, 5) is 4.67. The summed E-state index contributed by atoms with van der Waals surface area (Å²) in [5.74, 6) is 0.959. The van der Waals surface area contributed by atoms with Gasteiger partial charge >= 0.3 is 0 Å². The molecule has 0 aliphatic rings. The fourth-order valence-electron chi connectivity index (χ4n) is 3.75. The highest BCUT2D eigenvalue weighted by Crippen LogP contribution is 2.23. The Hall–Kier alpha value is -2.61. The normalized spacial score (nSPS) is 10.9. The van der Waals surface area contributed by atoms with Crippen LogP contribution in [0.3, 0.4) is 0 Å². The molecular formula is C29H37NO. The van der Waals surface area contributed by atoms with Crippen LogP contribution in [0.4, 0.5) is 0 Å². The molecule has 0 atom stereocenters. The van der Waals surface area contributed by atoms with E-state index in [1.807, 2.05) is 0 Å². The van der Waals surface area contributed by atoms with E-state index in [4.69, 9.17) is 4.74 Å². The quantitative estimate of drug-likeness (QED) is 0.265. The lowest BCUT2D eigenvalue weighted by molar-refractivity contribution is 0.306. The maximum Gasteiger partial charge on any atom is 0.119 e. The van der Waals surface area contributed by atoms with E-state index >= 15 is 0 Å². The molecule has 2 heteroatoms. The van der Waals surface area contributed by atoms with Crippen LogP contribution in [0.2, 0.25) is 0 Å². The average Bonchev–Trinajstić information content (AvgIpc) is 2.82. The lowest BCUT2D eigenvalue weighted by Gasteiger charge is -2.08. The van der Waals surface area contributed by atoms with Crippen molar-refractivity contribution in [1.29, 1.82) is 0 Å². The van der Waals surface area contributed by atoms with Crippen LogP contribution < -0.4 is 4.74 Å². The molecular weight excluding hydrogens is 378 g/mol. The fraction of sp³-hybridized carbons (Fsp3) is 0.414. The summed E-state index contributed by atoms with van der Waals surface area (Å²) < 4.78 is 5.82. The lowest BCUT2D eigenvalue weighted by Crippen LogP contribution is -1.97. The van der Waals surface area contributed by atoms with Gasteiger partial charge in [-0.25, -0.2) is 0 Å². The summed E-state index contributed by atoms with van der Waals surface area (Å²) in [7, 11) is 0. The minimum Gasteiger partial charge on any atom is -0.494 e. The molecule has 164 valence electrons. The summed E-state index contributed by atoms with van der Waals surface area (Å²) >= 11 is 0. The van der Waals surface area contributed by atoms with E-state index in [1.54, 1.807) is 0 Å². The highest BCUT2D eigenvalue weighted by molar-refractivity contribution is 5.64. The Morgan fingerprint density at radius 2 is 1.26 bits per heavy atom. The van der Waals surface area contributed by atoms with E-state index in [0.717, 1.165) is 38.0 Å². The highest BCUT2D eigenvalue weighted by atomic mass is 16.5. The van der Waals surface area contributed by atoms with E-state index in [-0.39, 0.29) is 0 Å². The van der Waals surface area contributed by atoms with Gasteiger partial charge in [0, 0.05) is 11.9 Å². The third kappa shape index (κ3) is 7.86. The predicted octanol–water partition coefficient (Wildman–Crippen LogP) is 7.84. The molecule has 31 heavy (non-hydrogen) atoms. The number of hydrogen-bond donors (Lipinski definition) is 0. The molecule has 1 aromatic heterocycles. The van der Waals surface area contributed by atoms with Crippen molar-refractivity contribution in [3.8, 4) is 16.9 Å². The fourth-order valence-corrected chi connectivity index (χ4v) is 3.75. The molecule has 0 saturated heterocycles. The van der Waals surface area contributed by atoms with Crippen LogP contribution in [-0.4, -0.2) is 11.6 Å². The third-order valence-electron chi connectivity index (χ3n) is 5.78. The third-order valence-corrected chi connectivity index (χ3v) is 5.78. The molecule has 1 heterocycles. The number of benzene rings is 2.